The highest BCUT2D eigenvalue weighted by molar-refractivity contribution is 5.86. The van der Waals surface area contributed by atoms with E-state index in [1.807, 2.05) is 25.7 Å². The average Bonchev–Trinajstić information content (AvgIpc) is 2.79. The molecule has 110 valence electrons. The normalized spacial score (nSPS) is 18.9. The average molecular weight is 280 g/mol. The number of nitrogens with one attached hydrogen (secondary N) is 1. The van der Waals surface area contributed by atoms with E-state index in [0.29, 0.717) is 25.3 Å². The number of aromatic carboxylic acids is 1. The van der Waals surface area contributed by atoms with E-state index in [1.165, 1.54) is 0 Å². The van der Waals surface area contributed by atoms with Crippen molar-refractivity contribution in [1.29, 1.82) is 0 Å². The van der Waals surface area contributed by atoms with Crippen molar-refractivity contribution in [2.75, 3.05) is 13.1 Å². The van der Waals surface area contributed by atoms with Gasteiger partial charge in [0.2, 0.25) is 11.7 Å². The lowest BCUT2D eigenvalue weighted by Gasteiger charge is -2.41. The smallest absolute Gasteiger partial charge is 0.371 e. The van der Waals surface area contributed by atoms with E-state index in [4.69, 9.17) is 9.52 Å². The number of nitrogens with zero attached hydrogens (tertiary/aromatic N) is 1. The predicted molar refractivity (Wildman–Crippen MR) is 72.5 cm³/mol. The molecule has 0 aliphatic carbocycles. The van der Waals surface area contributed by atoms with Crippen molar-refractivity contribution in [3.63, 3.8) is 0 Å². The van der Waals surface area contributed by atoms with Crippen molar-refractivity contribution in [1.82, 2.24) is 10.2 Å². The van der Waals surface area contributed by atoms with E-state index >= 15 is 0 Å². The molecule has 1 saturated heterocycles. The summed E-state index contributed by atoms with van der Waals surface area (Å²) in [6, 6.07) is 1.56. The van der Waals surface area contributed by atoms with Gasteiger partial charge < -0.3 is 14.8 Å². The van der Waals surface area contributed by atoms with Crippen LogP contribution in [0.2, 0.25) is 0 Å². The van der Waals surface area contributed by atoms with Gasteiger partial charge in [-0.3, -0.25) is 9.69 Å². The summed E-state index contributed by atoms with van der Waals surface area (Å²) in [5.74, 6) is -0.453. The van der Waals surface area contributed by atoms with Crippen LogP contribution in [0.5, 0.6) is 0 Å². The standard InChI is InChI=1S/C14H20N2O4/c1-4-10-9(7-11(20-10)12(17)18)8-16-6-5-15-13(19)14(16,2)3/h7H,4-6,8H2,1-3H3,(H,15,19)(H,17,18). The minimum absolute atomic E-state index is 0.0104. The van der Waals surface area contributed by atoms with Crippen molar-refractivity contribution in [2.24, 2.45) is 0 Å². The number of hydrogen-bond donors (Lipinski definition) is 2. The van der Waals surface area contributed by atoms with Gasteiger partial charge in [0, 0.05) is 31.6 Å². The lowest BCUT2D eigenvalue weighted by molar-refractivity contribution is -0.135. The molecule has 1 aliphatic heterocycles. The minimum atomic E-state index is -1.07. The van der Waals surface area contributed by atoms with Crippen LogP contribution >= 0.6 is 0 Å². The van der Waals surface area contributed by atoms with Crippen molar-refractivity contribution < 1.29 is 19.1 Å². The number of aryl methyl sites for hydroxylation is 1. The summed E-state index contributed by atoms with van der Waals surface area (Å²) in [6.07, 6.45) is 0.628. The Morgan fingerprint density at radius 3 is 2.85 bits per heavy atom. The summed E-state index contributed by atoms with van der Waals surface area (Å²) in [4.78, 5) is 24.9. The second-order valence-electron chi connectivity index (χ2n) is 5.45. The van der Waals surface area contributed by atoms with Crippen LogP contribution in [0.15, 0.2) is 10.5 Å². The van der Waals surface area contributed by atoms with Gasteiger partial charge >= 0.3 is 5.97 Å². The van der Waals surface area contributed by atoms with Gasteiger partial charge in [-0.2, -0.15) is 0 Å². The molecular formula is C14H20N2O4. The third-order valence-corrected chi connectivity index (χ3v) is 3.80. The zero-order valence-electron chi connectivity index (χ0n) is 12.0. The highest BCUT2D eigenvalue weighted by Crippen LogP contribution is 2.24. The molecular weight excluding hydrogens is 260 g/mol. The van der Waals surface area contributed by atoms with Crippen molar-refractivity contribution in [3.05, 3.63) is 23.2 Å². The molecule has 2 heterocycles. The van der Waals surface area contributed by atoms with Crippen LogP contribution in [-0.2, 0) is 17.8 Å². The van der Waals surface area contributed by atoms with Crippen LogP contribution in [-0.4, -0.2) is 40.5 Å². The Hall–Kier alpha value is -1.82. The summed E-state index contributed by atoms with van der Waals surface area (Å²) in [6.45, 7) is 7.50. The second kappa shape index (κ2) is 5.28. The molecule has 0 atom stereocenters. The Labute approximate surface area is 117 Å². The highest BCUT2D eigenvalue weighted by atomic mass is 16.4. The number of carboxylic acid groups (broad SMARTS) is 1. The summed E-state index contributed by atoms with van der Waals surface area (Å²) in [7, 11) is 0. The summed E-state index contributed by atoms with van der Waals surface area (Å²) in [5.41, 5.74) is 0.233. The van der Waals surface area contributed by atoms with Gasteiger partial charge in [-0.05, 0) is 19.9 Å². The molecule has 0 spiro atoms. The SMILES string of the molecule is CCc1oc(C(=O)O)cc1CN1CCNC(=O)C1(C)C. The molecule has 1 aromatic rings. The third-order valence-electron chi connectivity index (χ3n) is 3.80. The van der Waals surface area contributed by atoms with Crippen molar-refractivity contribution >= 4 is 11.9 Å². The summed E-state index contributed by atoms with van der Waals surface area (Å²) >= 11 is 0. The number of amides is 1. The lowest BCUT2D eigenvalue weighted by Crippen LogP contribution is -2.61. The van der Waals surface area contributed by atoms with E-state index in [9.17, 15) is 9.59 Å². The fraction of sp³-hybridized carbons (Fsp3) is 0.571. The molecule has 0 unspecified atom stereocenters. The van der Waals surface area contributed by atoms with Gasteiger partial charge in [-0.1, -0.05) is 6.92 Å². The molecule has 1 aliphatic rings. The van der Waals surface area contributed by atoms with Crippen LogP contribution in [0.1, 0.15) is 42.6 Å². The van der Waals surface area contributed by atoms with Gasteiger partial charge in [0.05, 0.1) is 5.54 Å². The van der Waals surface area contributed by atoms with E-state index in [1.54, 1.807) is 6.07 Å². The van der Waals surface area contributed by atoms with Crippen molar-refractivity contribution in [2.45, 2.75) is 39.3 Å². The number of piperazine rings is 1. The first-order valence-electron chi connectivity index (χ1n) is 6.74. The van der Waals surface area contributed by atoms with E-state index in [-0.39, 0.29) is 11.7 Å². The van der Waals surface area contributed by atoms with Crippen LogP contribution in [0.25, 0.3) is 0 Å². The van der Waals surface area contributed by atoms with Gasteiger partial charge in [0.15, 0.2) is 0 Å². The fourth-order valence-corrected chi connectivity index (χ4v) is 2.43. The Morgan fingerprint density at radius 1 is 1.55 bits per heavy atom. The molecule has 0 radical (unpaired) electrons. The molecule has 0 bridgehead atoms. The van der Waals surface area contributed by atoms with Gasteiger partial charge in [-0.15, -0.1) is 0 Å². The molecule has 1 fully saturated rings. The quantitative estimate of drug-likeness (QED) is 0.867. The first kappa shape index (κ1) is 14.6. The molecule has 0 saturated carbocycles. The number of hydrogen-bond acceptors (Lipinski definition) is 4. The number of furan rings is 1. The number of carbonyl (C=O) groups is 2. The number of rotatable bonds is 4. The third kappa shape index (κ3) is 2.56. The van der Waals surface area contributed by atoms with E-state index in [0.717, 1.165) is 12.1 Å². The number of carboxylic acids is 1. The van der Waals surface area contributed by atoms with E-state index < -0.39 is 11.5 Å². The van der Waals surface area contributed by atoms with Crippen LogP contribution in [0.3, 0.4) is 0 Å². The Balaban J connectivity index is 2.25. The first-order valence-corrected chi connectivity index (χ1v) is 6.74. The second-order valence-corrected chi connectivity index (χ2v) is 5.45. The minimum Gasteiger partial charge on any atom is -0.475 e. The van der Waals surface area contributed by atoms with Gasteiger partial charge in [0.1, 0.15) is 5.76 Å². The lowest BCUT2D eigenvalue weighted by atomic mass is 9.98. The Morgan fingerprint density at radius 2 is 2.25 bits per heavy atom. The molecule has 1 aromatic heterocycles. The maximum absolute atomic E-state index is 11.9. The summed E-state index contributed by atoms with van der Waals surface area (Å²) < 4.78 is 5.34. The molecule has 0 aromatic carbocycles. The molecule has 2 N–H and O–H groups in total. The maximum Gasteiger partial charge on any atom is 0.371 e. The first-order chi connectivity index (χ1) is 9.36. The zero-order chi connectivity index (χ0) is 14.9. The molecule has 20 heavy (non-hydrogen) atoms. The van der Waals surface area contributed by atoms with Gasteiger partial charge in [-0.25, -0.2) is 4.79 Å². The molecule has 6 heteroatoms. The van der Waals surface area contributed by atoms with Crippen molar-refractivity contribution in [3.8, 4) is 0 Å². The van der Waals surface area contributed by atoms with Gasteiger partial charge in [0.25, 0.3) is 0 Å². The monoisotopic (exact) mass is 280 g/mol. The Bertz CT molecular complexity index is 533. The molecule has 1 amide bonds. The largest absolute Gasteiger partial charge is 0.475 e. The number of carbonyl (C=O) groups excluding carboxylic acids is 1. The maximum atomic E-state index is 11.9. The predicted octanol–water partition coefficient (Wildman–Crippen LogP) is 1.25. The zero-order valence-corrected chi connectivity index (χ0v) is 12.0. The molecule has 2 rings (SSSR count). The van der Waals surface area contributed by atoms with Crippen LogP contribution in [0, 0.1) is 0 Å². The van der Waals surface area contributed by atoms with Crippen LogP contribution < -0.4 is 5.32 Å². The summed E-state index contributed by atoms with van der Waals surface area (Å²) in [5, 5.41) is 11.8. The molecule has 6 nitrogen and oxygen atoms in total. The Kier molecular flexibility index (Phi) is 3.85. The topological polar surface area (TPSA) is 82.8 Å². The van der Waals surface area contributed by atoms with E-state index in [2.05, 4.69) is 5.32 Å². The highest BCUT2D eigenvalue weighted by Gasteiger charge is 2.37. The van der Waals surface area contributed by atoms with Crippen LogP contribution in [0.4, 0.5) is 0 Å². The fourth-order valence-electron chi connectivity index (χ4n) is 2.43.